The van der Waals surface area contributed by atoms with E-state index in [0.717, 1.165) is 17.7 Å². The zero-order chi connectivity index (χ0) is 14.8. The smallest absolute Gasteiger partial charge is 0.224 e. The van der Waals surface area contributed by atoms with Gasteiger partial charge in [0.15, 0.2) is 0 Å². The molecule has 20 heavy (non-hydrogen) atoms. The lowest BCUT2D eigenvalue weighted by molar-refractivity contribution is -0.116. The molecular formula is C18H29NO. The molecule has 2 heteroatoms. The molecule has 1 aromatic carbocycles. The summed E-state index contributed by atoms with van der Waals surface area (Å²) in [6, 6.07) is 6.16. The van der Waals surface area contributed by atoms with Crippen molar-refractivity contribution in [1.29, 1.82) is 0 Å². The van der Waals surface area contributed by atoms with Gasteiger partial charge in [-0.3, -0.25) is 4.79 Å². The molecule has 0 saturated carbocycles. The van der Waals surface area contributed by atoms with Crippen molar-refractivity contribution in [2.45, 2.75) is 72.1 Å². The second-order valence-corrected chi connectivity index (χ2v) is 5.74. The molecule has 0 fully saturated rings. The van der Waals surface area contributed by atoms with Gasteiger partial charge < -0.3 is 5.32 Å². The van der Waals surface area contributed by atoms with Gasteiger partial charge in [-0.05, 0) is 37.5 Å². The summed E-state index contributed by atoms with van der Waals surface area (Å²) >= 11 is 0. The summed E-state index contributed by atoms with van der Waals surface area (Å²) in [5.41, 5.74) is 3.27. The average Bonchev–Trinajstić information content (AvgIpc) is 2.42. The second-order valence-electron chi connectivity index (χ2n) is 5.74. The van der Waals surface area contributed by atoms with Crippen molar-refractivity contribution >= 4 is 11.6 Å². The van der Waals surface area contributed by atoms with Gasteiger partial charge in [0.05, 0.1) is 0 Å². The van der Waals surface area contributed by atoms with Gasteiger partial charge in [-0.1, -0.05) is 57.6 Å². The third kappa shape index (κ3) is 6.74. The maximum Gasteiger partial charge on any atom is 0.224 e. The number of carbonyl (C=O) groups is 1. The number of aryl methyl sites for hydroxylation is 2. The predicted molar refractivity (Wildman–Crippen MR) is 87.2 cm³/mol. The lowest BCUT2D eigenvalue weighted by atomic mass is 10.1. The number of benzene rings is 1. The first kappa shape index (κ1) is 16.7. The van der Waals surface area contributed by atoms with Gasteiger partial charge >= 0.3 is 0 Å². The Labute approximate surface area is 124 Å². The average molecular weight is 275 g/mol. The van der Waals surface area contributed by atoms with Crippen LogP contribution in [0.4, 0.5) is 5.69 Å². The molecule has 0 atom stereocenters. The molecule has 112 valence electrons. The van der Waals surface area contributed by atoms with E-state index in [1.807, 2.05) is 19.9 Å². The van der Waals surface area contributed by atoms with E-state index in [1.165, 1.54) is 44.1 Å². The number of unbranched alkanes of at least 4 members (excludes halogenated alkanes) is 6. The molecule has 0 heterocycles. The summed E-state index contributed by atoms with van der Waals surface area (Å²) < 4.78 is 0. The number of hydrogen-bond acceptors (Lipinski definition) is 1. The molecule has 0 spiro atoms. The summed E-state index contributed by atoms with van der Waals surface area (Å²) in [7, 11) is 0. The van der Waals surface area contributed by atoms with Crippen molar-refractivity contribution in [3.05, 3.63) is 29.3 Å². The van der Waals surface area contributed by atoms with Crippen LogP contribution in [0, 0.1) is 13.8 Å². The van der Waals surface area contributed by atoms with Crippen molar-refractivity contribution < 1.29 is 4.79 Å². The highest BCUT2D eigenvalue weighted by Crippen LogP contribution is 2.17. The van der Waals surface area contributed by atoms with Gasteiger partial charge in [0.25, 0.3) is 0 Å². The number of carbonyl (C=O) groups excluding carboxylic acids is 1. The molecule has 0 aliphatic carbocycles. The Morgan fingerprint density at radius 3 is 2.35 bits per heavy atom. The molecule has 1 amide bonds. The molecule has 0 saturated heterocycles. The van der Waals surface area contributed by atoms with Crippen molar-refractivity contribution in [2.75, 3.05) is 5.32 Å². The Morgan fingerprint density at radius 1 is 1.00 bits per heavy atom. The quantitative estimate of drug-likeness (QED) is 0.602. The van der Waals surface area contributed by atoms with Crippen molar-refractivity contribution in [1.82, 2.24) is 0 Å². The highest BCUT2D eigenvalue weighted by atomic mass is 16.1. The van der Waals surface area contributed by atoms with E-state index in [-0.39, 0.29) is 5.91 Å². The topological polar surface area (TPSA) is 29.1 Å². The highest BCUT2D eigenvalue weighted by molar-refractivity contribution is 5.91. The summed E-state index contributed by atoms with van der Waals surface area (Å²) in [5, 5.41) is 3.02. The second kappa shape index (κ2) is 9.57. The van der Waals surface area contributed by atoms with Crippen LogP contribution >= 0.6 is 0 Å². The fourth-order valence-electron chi connectivity index (χ4n) is 2.33. The van der Waals surface area contributed by atoms with Crippen molar-refractivity contribution in [3.63, 3.8) is 0 Å². The summed E-state index contributed by atoms with van der Waals surface area (Å²) in [6.45, 7) is 6.31. The zero-order valence-electron chi connectivity index (χ0n) is 13.3. The van der Waals surface area contributed by atoms with Gasteiger partial charge in [0, 0.05) is 12.1 Å². The van der Waals surface area contributed by atoms with Crippen molar-refractivity contribution in [2.24, 2.45) is 0 Å². The molecule has 0 aromatic heterocycles. The maximum absolute atomic E-state index is 11.9. The van der Waals surface area contributed by atoms with Crippen LogP contribution in [0.2, 0.25) is 0 Å². The number of anilines is 1. The Bertz CT molecular complexity index is 412. The monoisotopic (exact) mass is 275 g/mol. The van der Waals surface area contributed by atoms with Crippen molar-refractivity contribution in [3.8, 4) is 0 Å². The minimum Gasteiger partial charge on any atom is -0.326 e. The van der Waals surface area contributed by atoms with E-state index in [0.29, 0.717) is 6.42 Å². The van der Waals surface area contributed by atoms with Crippen LogP contribution in [0.25, 0.3) is 0 Å². The first-order chi connectivity index (χ1) is 9.63. The van der Waals surface area contributed by atoms with E-state index in [4.69, 9.17) is 0 Å². The number of amides is 1. The molecule has 0 bridgehead atoms. The van der Waals surface area contributed by atoms with Crippen LogP contribution in [0.3, 0.4) is 0 Å². The number of nitrogens with one attached hydrogen (secondary N) is 1. The molecule has 0 radical (unpaired) electrons. The molecular weight excluding hydrogens is 246 g/mol. The fraction of sp³-hybridized carbons (Fsp3) is 0.611. The third-order valence-corrected chi connectivity index (χ3v) is 3.67. The first-order valence-corrected chi connectivity index (χ1v) is 8.00. The van der Waals surface area contributed by atoms with Crippen LogP contribution in [0.5, 0.6) is 0 Å². The van der Waals surface area contributed by atoms with E-state index in [2.05, 4.69) is 24.4 Å². The third-order valence-electron chi connectivity index (χ3n) is 3.67. The van der Waals surface area contributed by atoms with Crippen LogP contribution in [-0.2, 0) is 4.79 Å². The van der Waals surface area contributed by atoms with Gasteiger partial charge in [-0.15, -0.1) is 0 Å². The van der Waals surface area contributed by atoms with Gasteiger partial charge in [-0.2, -0.15) is 0 Å². The lowest BCUT2D eigenvalue weighted by Crippen LogP contribution is -2.12. The van der Waals surface area contributed by atoms with Crippen LogP contribution < -0.4 is 5.32 Å². The van der Waals surface area contributed by atoms with Gasteiger partial charge in [0.1, 0.15) is 0 Å². The Morgan fingerprint density at radius 2 is 1.65 bits per heavy atom. The lowest BCUT2D eigenvalue weighted by Gasteiger charge is -2.09. The van der Waals surface area contributed by atoms with E-state index in [9.17, 15) is 4.79 Å². The molecule has 1 N–H and O–H groups in total. The summed E-state index contributed by atoms with van der Waals surface area (Å²) in [5.74, 6) is 0.146. The highest BCUT2D eigenvalue weighted by Gasteiger charge is 2.04. The van der Waals surface area contributed by atoms with Crippen LogP contribution in [0.1, 0.15) is 69.4 Å². The standard InChI is InChI=1S/C18H29NO/c1-4-5-6-7-8-9-10-11-18(20)19-17-14-15(2)12-13-16(17)3/h12-14H,4-11H2,1-3H3,(H,19,20). The minimum atomic E-state index is 0.146. The molecule has 0 aliphatic rings. The molecule has 1 aromatic rings. The zero-order valence-corrected chi connectivity index (χ0v) is 13.3. The normalized spacial score (nSPS) is 10.6. The van der Waals surface area contributed by atoms with Crippen LogP contribution in [0.15, 0.2) is 18.2 Å². The van der Waals surface area contributed by atoms with E-state index >= 15 is 0 Å². The van der Waals surface area contributed by atoms with E-state index < -0.39 is 0 Å². The van der Waals surface area contributed by atoms with Crippen LogP contribution in [-0.4, -0.2) is 5.91 Å². The Kier molecular flexibility index (Phi) is 8.01. The Hall–Kier alpha value is -1.31. The summed E-state index contributed by atoms with van der Waals surface area (Å²) in [6.07, 6.45) is 9.35. The van der Waals surface area contributed by atoms with Gasteiger partial charge in [0.2, 0.25) is 5.91 Å². The Balaban J connectivity index is 2.19. The number of rotatable bonds is 9. The minimum absolute atomic E-state index is 0.146. The molecule has 0 unspecified atom stereocenters. The van der Waals surface area contributed by atoms with E-state index in [1.54, 1.807) is 0 Å². The predicted octanol–water partition coefficient (Wildman–Crippen LogP) is 5.38. The molecule has 0 aliphatic heterocycles. The molecule has 1 rings (SSSR count). The summed E-state index contributed by atoms with van der Waals surface area (Å²) in [4.78, 5) is 11.9. The number of hydrogen-bond donors (Lipinski definition) is 1. The largest absolute Gasteiger partial charge is 0.326 e. The first-order valence-electron chi connectivity index (χ1n) is 8.00. The fourth-order valence-corrected chi connectivity index (χ4v) is 2.33. The maximum atomic E-state index is 11.9. The van der Waals surface area contributed by atoms with Gasteiger partial charge in [-0.25, -0.2) is 0 Å². The SMILES string of the molecule is CCCCCCCCCC(=O)Nc1cc(C)ccc1C. The molecule has 2 nitrogen and oxygen atoms in total.